The second-order valence-corrected chi connectivity index (χ2v) is 6.22. The molecule has 24 heavy (non-hydrogen) atoms. The van der Waals surface area contributed by atoms with Crippen molar-refractivity contribution in [3.05, 3.63) is 47.5 Å². The lowest BCUT2D eigenvalue weighted by atomic mass is 9.94. The molecule has 2 heterocycles. The fraction of sp³-hybridized carbons (Fsp3) is 0.474. The molecule has 5 heteroatoms. The minimum Gasteiger partial charge on any atom is -0.396 e. The Morgan fingerprint density at radius 2 is 2.08 bits per heavy atom. The van der Waals surface area contributed by atoms with Gasteiger partial charge in [0.25, 0.3) is 0 Å². The van der Waals surface area contributed by atoms with E-state index in [9.17, 15) is 0 Å². The monoisotopic (exact) mass is 326 g/mol. The predicted molar refractivity (Wildman–Crippen MR) is 97.2 cm³/mol. The molecule has 1 aliphatic rings. The zero-order valence-electron chi connectivity index (χ0n) is 14.1. The molecule has 0 fully saturated rings. The molecular formula is C19H26N4O. The zero-order valence-corrected chi connectivity index (χ0v) is 14.1. The summed E-state index contributed by atoms with van der Waals surface area (Å²) in [5, 5.41) is 3.45. The summed E-state index contributed by atoms with van der Waals surface area (Å²) in [6.07, 6.45) is 12.1. The van der Waals surface area contributed by atoms with Crippen LogP contribution in [0.5, 0.6) is 0 Å². The van der Waals surface area contributed by atoms with Crippen molar-refractivity contribution in [2.45, 2.75) is 38.5 Å². The number of pyridine rings is 2. The van der Waals surface area contributed by atoms with Crippen LogP contribution in [0.3, 0.4) is 0 Å². The van der Waals surface area contributed by atoms with E-state index in [0.29, 0.717) is 6.61 Å². The average Bonchev–Trinajstić information content (AvgIpc) is 2.63. The van der Waals surface area contributed by atoms with Gasteiger partial charge in [-0.05, 0) is 55.7 Å². The van der Waals surface area contributed by atoms with Gasteiger partial charge in [0.1, 0.15) is 0 Å². The molecule has 3 rings (SSSR count). The standard InChI is InChI=1S/C19H26N4O/c20-17-14-23-18-8-2-1-7-16(18)19(17)22-10-12-24-11-4-6-15-5-3-9-21-13-15/h3,5,9,13-14H,1-2,4,6-8,10-12,20H2,(H,22,23). The minimum absolute atomic E-state index is 0.684. The summed E-state index contributed by atoms with van der Waals surface area (Å²) in [7, 11) is 0. The molecular weight excluding hydrogens is 300 g/mol. The Morgan fingerprint density at radius 1 is 1.17 bits per heavy atom. The van der Waals surface area contributed by atoms with Crippen LogP contribution in [0.25, 0.3) is 0 Å². The van der Waals surface area contributed by atoms with Gasteiger partial charge in [-0.3, -0.25) is 9.97 Å². The first-order valence-corrected chi connectivity index (χ1v) is 8.81. The van der Waals surface area contributed by atoms with Crippen molar-refractivity contribution < 1.29 is 4.74 Å². The van der Waals surface area contributed by atoms with Crippen LogP contribution in [0.1, 0.15) is 36.1 Å². The van der Waals surface area contributed by atoms with Gasteiger partial charge in [0.2, 0.25) is 0 Å². The number of nitrogens with one attached hydrogen (secondary N) is 1. The summed E-state index contributed by atoms with van der Waals surface area (Å²) in [5.74, 6) is 0. The molecule has 128 valence electrons. The van der Waals surface area contributed by atoms with E-state index in [2.05, 4.69) is 21.4 Å². The van der Waals surface area contributed by atoms with Gasteiger partial charge in [0.15, 0.2) is 0 Å². The average molecular weight is 326 g/mol. The Morgan fingerprint density at radius 3 is 2.96 bits per heavy atom. The Balaban J connectivity index is 1.38. The third kappa shape index (κ3) is 4.45. The Labute approximate surface area is 143 Å². The van der Waals surface area contributed by atoms with E-state index in [1.807, 2.05) is 12.3 Å². The highest BCUT2D eigenvalue weighted by Gasteiger charge is 2.16. The lowest BCUT2D eigenvalue weighted by molar-refractivity contribution is 0.141. The molecule has 0 spiro atoms. The largest absolute Gasteiger partial charge is 0.396 e. The topological polar surface area (TPSA) is 73.1 Å². The van der Waals surface area contributed by atoms with Gasteiger partial charge in [-0.1, -0.05) is 6.07 Å². The number of rotatable bonds is 8. The van der Waals surface area contributed by atoms with Crippen LogP contribution in [0.4, 0.5) is 11.4 Å². The number of fused-ring (bicyclic) bond motifs is 1. The highest BCUT2D eigenvalue weighted by atomic mass is 16.5. The second kappa shape index (κ2) is 8.64. The molecule has 0 bridgehead atoms. The van der Waals surface area contributed by atoms with Gasteiger partial charge in [0, 0.05) is 31.2 Å². The minimum atomic E-state index is 0.684. The summed E-state index contributed by atoms with van der Waals surface area (Å²) in [4.78, 5) is 8.60. The molecule has 0 unspecified atom stereocenters. The fourth-order valence-corrected chi connectivity index (χ4v) is 3.17. The molecule has 3 N–H and O–H groups in total. The van der Waals surface area contributed by atoms with Crippen LogP contribution in [0.2, 0.25) is 0 Å². The molecule has 0 amide bonds. The molecule has 0 atom stereocenters. The van der Waals surface area contributed by atoms with E-state index in [1.54, 1.807) is 12.4 Å². The molecule has 5 nitrogen and oxygen atoms in total. The van der Waals surface area contributed by atoms with E-state index in [-0.39, 0.29) is 0 Å². The number of nitrogens with two attached hydrogens (primary N) is 1. The first-order chi connectivity index (χ1) is 11.8. The quantitative estimate of drug-likeness (QED) is 0.730. The van der Waals surface area contributed by atoms with Crippen molar-refractivity contribution in [3.8, 4) is 0 Å². The summed E-state index contributed by atoms with van der Waals surface area (Å²) >= 11 is 0. The number of nitrogen functional groups attached to an aromatic ring is 1. The van der Waals surface area contributed by atoms with Crippen LogP contribution >= 0.6 is 0 Å². The van der Waals surface area contributed by atoms with Gasteiger partial charge in [-0.25, -0.2) is 0 Å². The van der Waals surface area contributed by atoms with E-state index in [4.69, 9.17) is 10.5 Å². The van der Waals surface area contributed by atoms with Crippen LogP contribution in [0, 0.1) is 0 Å². The van der Waals surface area contributed by atoms with Crippen molar-refractivity contribution in [2.75, 3.05) is 30.8 Å². The Kier molecular flexibility index (Phi) is 6.01. The Bertz CT molecular complexity index is 645. The highest BCUT2D eigenvalue weighted by Crippen LogP contribution is 2.30. The van der Waals surface area contributed by atoms with Gasteiger partial charge in [-0.15, -0.1) is 0 Å². The second-order valence-electron chi connectivity index (χ2n) is 6.22. The molecule has 2 aromatic rings. The van der Waals surface area contributed by atoms with E-state index in [0.717, 1.165) is 50.2 Å². The predicted octanol–water partition coefficient (Wildman–Crippen LogP) is 3.00. The van der Waals surface area contributed by atoms with Crippen LogP contribution < -0.4 is 11.1 Å². The van der Waals surface area contributed by atoms with Crippen LogP contribution in [0.15, 0.2) is 30.7 Å². The fourth-order valence-electron chi connectivity index (χ4n) is 3.17. The number of ether oxygens (including phenoxy) is 1. The maximum absolute atomic E-state index is 6.10. The van der Waals surface area contributed by atoms with Crippen LogP contribution in [-0.2, 0) is 24.0 Å². The highest BCUT2D eigenvalue weighted by molar-refractivity contribution is 5.70. The number of nitrogens with zero attached hydrogens (tertiary/aromatic N) is 2. The molecule has 0 aromatic carbocycles. The number of anilines is 2. The summed E-state index contributed by atoms with van der Waals surface area (Å²) in [6, 6.07) is 4.07. The summed E-state index contributed by atoms with van der Waals surface area (Å²) in [5.41, 5.74) is 11.7. The number of hydrogen-bond donors (Lipinski definition) is 2. The maximum atomic E-state index is 6.10. The van der Waals surface area contributed by atoms with Crippen molar-refractivity contribution in [3.63, 3.8) is 0 Å². The van der Waals surface area contributed by atoms with Crippen molar-refractivity contribution in [2.24, 2.45) is 0 Å². The van der Waals surface area contributed by atoms with Crippen LogP contribution in [-0.4, -0.2) is 29.7 Å². The van der Waals surface area contributed by atoms with Gasteiger partial charge < -0.3 is 15.8 Å². The van der Waals surface area contributed by atoms with Gasteiger partial charge in [-0.2, -0.15) is 0 Å². The van der Waals surface area contributed by atoms with E-state index in [1.165, 1.54) is 29.7 Å². The van der Waals surface area contributed by atoms with Gasteiger partial charge >= 0.3 is 0 Å². The number of aryl methyl sites for hydroxylation is 2. The molecule has 0 aliphatic heterocycles. The summed E-state index contributed by atoms with van der Waals surface area (Å²) in [6.45, 7) is 2.22. The zero-order chi connectivity index (χ0) is 16.6. The van der Waals surface area contributed by atoms with Crippen molar-refractivity contribution in [1.82, 2.24) is 9.97 Å². The molecule has 1 aliphatic carbocycles. The SMILES string of the molecule is Nc1cnc2c(c1NCCOCCCc1cccnc1)CCCC2. The molecule has 0 saturated carbocycles. The van der Waals surface area contributed by atoms with E-state index >= 15 is 0 Å². The lowest BCUT2D eigenvalue weighted by Gasteiger charge is -2.20. The third-order valence-corrected chi connectivity index (χ3v) is 4.41. The van der Waals surface area contributed by atoms with E-state index < -0.39 is 0 Å². The maximum Gasteiger partial charge on any atom is 0.0739 e. The Hall–Kier alpha value is -2.14. The van der Waals surface area contributed by atoms with Crippen molar-refractivity contribution in [1.29, 1.82) is 0 Å². The normalized spacial score (nSPS) is 13.5. The number of hydrogen-bond acceptors (Lipinski definition) is 5. The van der Waals surface area contributed by atoms with Crippen molar-refractivity contribution >= 4 is 11.4 Å². The molecule has 2 aromatic heterocycles. The first kappa shape index (κ1) is 16.7. The third-order valence-electron chi connectivity index (χ3n) is 4.41. The molecule has 0 saturated heterocycles. The smallest absolute Gasteiger partial charge is 0.0739 e. The first-order valence-electron chi connectivity index (χ1n) is 8.81. The molecule has 0 radical (unpaired) electrons. The summed E-state index contributed by atoms with van der Waals surface area (Å²) < 4.78 is 5.72. The van der Waals surface area contributed by atoms with Gasteiger partial charge in [0.05, 0.1) is 24.2 Å². The number of aromatic nitrogens is 2. The lowest BCUT2D eigenvalue weighted by Crippen LogP contribution is -2.16.